The quantitative estimate of drug-likeness (QED) is 0.875. The highest BCUT2D eigenvalue weighted by atomic mass is 16.5. The summed E-state index contributed by atoms with van der Waals surface area (Å²) in [6.45, 7) is 4.21. The van der Waals surface area contributed by atoms with Crippen molar-refractivity contribution in [3.63, 3.8) is 0 Å². The third kappa shape index (κ3) is 4.63. The van der Waals surface area contributed by atoms with Crippen molar-refractivity contribution in [2.24, 2.45) is 0 Å². The number of nitrogens with one attached hydrogen (secondary N) is 1. The van der Waals surface area contributed by atoms with Gasteiger partial charge in [-0.2, -0.15) is 0 Å². The highest BCUT2D eigenvalue weighted by molar-refractivity contribution is 5.91. The van der Waals surface area contributed by atoms with Crippen molar-refractivity contribution in [2.75, 3.05) is 11.9 Å². The summed E-state index contributed by atoms with van der Waals surface area (Å²) in [4.78, 5) is 11.9. The standard InChI is InChI=1S/C18H21NO2/c1-3-14-8-10-16(11-9-14)19-18(20)13-21-17-7-5-6-15(4-2)12-17/h5-12H,3-4,13H2,1-2H3,(H,19,20). The first kappa shape index (κ1) is 15.1. The molecule has 1 amide bonds. The molecule has 0 atom stereocenters. The molecule has 0 aliphatic heterocycles. The maximum absolute atomic E-state index is 11.9. The molecule has 0 heterocycles. The third-order valence-electron chi connectivity index (χ3n) is 3.32. The van der Waals surface area contributed by atoms with Gasteiger partial charge in [0.2, 0.25) is 0 Å². The van der Waals surface area contributed by atoms with Gasteiger partial charge in [-0.25, -0.2) is 0 Å². The third-order valence-corrected chi connectivity index (χ3v) is 3.32. The van der Waals surface area contributed by atoms with E-state index in [0.29, 0.717) is 0 Å². The first-order valence-electron chi connectivity index (χ1n) is 7.31. The largest absolute Gasteiger partial charge is 0.484 e. The van der Waals surface area contributed by atoms with Gasteiger partial charge in [-0.1, -0.05) is 38.1 Å². The summed E-state index contributed by atoms with van der Waals surface area (Å²) in [7, 11) is 0. The van der Waals surface area contributed by atoms with Crippen molar-refractivity contribution in [1.82, 2.24) is 0 Å². The molecule has 0 bridgehead atoms. The lowest BCUT2D eigenvalue weighted by Gasteiger charge is -2.09. The number of carbonyl (C=O) groups is 1. The fourth-order valence-corrected chi connectivity index (χ4v) is 2.02. The van der Waals surface area contributed by atoms with Crippen LogP contribution in [0.2, 0.25) is 0 Å². The summed E-state index contributed by atoms with van der Waals surface area (Å²) >= 11 is 0. The van der Waals surface area contributed by atoms with E-state index < -0.39 is 0 Å². The molecule has 0 saturated carbocycles. The van der Waals surface area contributed by atoms with Crippen LogP contribution in [0.1, 0.15) is 25.0 Å². The van der Waals surface area contributed by atoms with E-state index >= 15 is 0 Å². The summed E-state index contributed by atoms with van der Waals surface area (Å²) in [5.74, 6) is 0.576. The zero-order chi connectivity index (χ0) is 15.1. The Morgan fingerprint density at radius 2 is 1.71 bits per heavy atom. The molecule has 110 valence electrons. The van der Waals surface area contributed by atoms with Gasteiger partial charge in [-0.15, -0.1) is 0 Å². The van der Waals surface area contributed by atoms with Gasteiger partial charge in [0.05, 0.1) is 0 Å². The minimum Gasteiger partial charge on any atom is -0.484 e. The smallest absolute Gasteiger partial charge is 0.262 e. The molecule has 0 spiro atoms. The van der Waals surface area contributed by atoms with Crippen LogP contribution in [0.25, 0.3) is 0 Å². The van der Waals surface area contributed by atoms with Crippen LogP contribution in [0.5, 0.6) is 5.75 Å². The van der Waals surface area contributed by atoms with Gasteiger partial charge in [0.1, 0.15) is 5.75 Å². The maximum atomic E-state index is 11.9. The minimum atomic E-state index is -0.152. The molecule has 1 N–H and O–H groups in total. The Balaban J connectivity index is 1.86. The lowest BCUT2D eigenvalue weighted by molar-refractivity contribution is -0.118. The zero-order valence-corrected chi connectivity index (χ0v) is 12.6. The Morgan fingerprint density at radius 3 is 2.38 bits per heavy atom. The Bertz CT molecular complexity index is 590. The molecule has 0 fully saturated rings. The van der Waals surface area contributed by atoms with Crippen molar-refractivity contribution in [3.05, 3.63) is 59.7 Å². The van der Waals surface area contributed by atoms with E-state index in [1.54, 1.807) is 0 Å². The second-order valence-electron chi connectivity index (χ2n) is 4.89. The Morgan fingerprint density at radius 1 is 1.00 bits per heavy atom. The minimum absolute atomic E-state index is 0.0166. The second-order valence-corrected chi connectivity index (χ2v) is 4.89. The van der Waals surface area contributed by atoms with Crippen molar-refractivity contribution >= 4 is 11.6 Å². The molecule has 0 aromatic heterocycles. The van der Waals surface area contributed by atoms with Crippen LogP contribution in [-0.4, -0.2) is 12.5 Å². The number of amides is 1. The fourth-order valence-electron chi connectivity index (χ4n) is 2.02. The van der Waals surface area contributed by atoms with Crippen molar-refractivity contribution in [3.8, 4) is 5.75 Å². The van der Waals surface area contributed by atoms with Crippen LogP contribution in [0, 0.1) is 0 Å². The molecule has 2 aromatic rings. The number of hydrogen-bond acceptors (Lipinski definition) is 2. The number of aryl methyl sites for hydroxylation is 2. The van der Waals surface area contributed by atoms with Gasteiger partial charge in [-0.3, -0.25) is 4.79 Å². The number of rotatable bonds is 6. The summed E-state index contributed by atoms with van der Waals surface area (Å²) in [6, 6.07) is 15.7. The number of carbonyl (C=O) groups excluding carboxylic acids is 1. The van der Waals surface area contributed by atoms with Crippen LogP contribution in [0.15, 0.2) is 48.5 Å². The lowest BCUT2D eigenvalue weighted by Crippen LogP contribution is -2.20. The van der Waals surface area contributed by atoms with Crippen LogP contribution in [0.4, 0.5) is 5.69 Å². The Kier molecular flexibility index (Phi) is 5.38. The number of hydrogen-bond donors (Lipinski definition) is 1. The molecule has 0 saturated heterocycles. The molecule has 0 aliphatic carbocycles. The van der Waals surface area contributed by atoms with E-state index in [4.69, 9.17) is 4.74 Å². The van der Waals surface area contributed by atoms with Crippen molar-refractivity contribution in [1.29, 1.82) is 0 Å². The lowest BCUT2D eigenvalue weighted by atomic mass is 10.1. The second kappa shape index (κ2) is 7.48. The van der Waals surface area contributed by atoms with Gasteiger partial charge < -0.3 is 10.1 Å². The molecule has 0 unspecified atom stereocenters. The highest BCUT2D eigenvalue weighted by Crippen LogP contribution is 2.14. The zero-order valence-electron chi connectivity index (χ0n) is 12.6. The van der Waals surface area contributed by atoms with E-state index in [-0.39, 0.29) is 12.5 Å². The normalized spacial score (nSPS) is 10.2. The molecule has 2 aromatic carbocycles. The van der Waals surface area contributed by atoms with Crippen LogP contribution >= 0.6 is 0 Å². The predicted octanol–water partition coefficient (Wildman–Crippen LogP) is 3.83. The SMILES string of the molecule is CCc1ccc(NC(=O)COc2cccc(CC)c2)cc1. The summed E-state index contributed by atoms with van der Waals surface area (Å²) in [6.07, 6.45) is 1.94. The van der Waals surface area contributed by atoms with E-state index in [2.05, 4.69) is 19.2 Å². The van der Waals surface area contributed by atoms with E-state index in [1.807, 2.05) is 48.5 Å². The van der Waals surface area contributed by atoms with Gasteiger partial charge in [0.15, 0.2) is 6.61 Å². The first-order valence-corrected chi connectivity index (χ1v) is 7.31. The molecule has 0 radical (unpaired) electrons. The molecule has 21 heavy (non-hydrogen) atoms. The maximum Gasteiger partial charge on any atom is 0.262 e. The van der Waals surface area contributed by atoms with Gasteiger partial charge in [0, 0.05) is 5.69 Å². The average molecular weight is 283 g/mol. The number of ether oxygens (including phenoxy) is 1. The summed E-state index contributed by atoms with van der Waals surface area (Å²) in [5.41, 5.74) is 3.24. The van der Waals surface area contributed by atoms with E-state index in [1.165, 1.54) is 11.1 Å². The summed E-state index contributed by atoms with van der Waals surface area (Å²) in [5, 5.41) is 2.83. The topological polar surface area (TPSA) is 38.3 Å². The number of anilines is 1. The average Bonchev–Trinajstić information content (AvgIpc) is 2.54. The molecule has 3 nitrogen and oxygen atoms in total. The van der Waals surface area contributed by atoms with Crippen molar-refractivity contribution < 1.29 is 9.53 Å². The van der Waals surface area contributed by atoms with E-state index in [0.717, 1.165) is 24.3 Å². The molecule has 3 heteroatoms. The highest BCUT2D eigenvalue weighted by Gasteiger charge is 2.04. The van der Waals surface area contributed by atoms with Crippen LogP contribution < -0.4 is 10.1 Å². The van der Waals surface area contributed by atoms with Gasteiger partial charge in [0.25, 0.3) is 5.91 Å². The number of benzene rings is 2. The van der Waals surface area contributed by atoms with Crippen molar-refractivity contribution in [2.45, 2.75) is 26.7 Å². The summed E-state index contributed by atoms with van der Waals surface area (Å²) < 4.78 is 5.52. The van der Waals surface area contributed by atoms with Gasteiger partial charge >= 0.3 is 0 Å². The van der Waals surface area contributed by atoms with E-state index in [9.17, 15) is 4.79 Å². The molecule has 0 aliphatic rings. The van der Waals surface area contributed by atoms with Gasteiger partial charge in [-0.05, 0) is 48.2 Å². The Labute approximate surface area is 126 Å². The Hall–Kier alpha value is -2.29. The molecule has 2 rings (SSSR count). The molecular formula is C18H21NO2. The fraction of sp³-hybridized carbons (Fsp3) is 0.278. The predicted molar refractivity (Wildman–Crippen MR) is 85.8 cm³/mol. The van der Waals surface area contributed by atoms with Crippen LogP contribution in [-0.2, 0) is 17.6 Å². The molecular weight excluding hydrogens is 262 g/mol. The first-order chi connectivity index (χ1) is 10.2. The monoisotopic (exact) mass is 283 g/mol. The van der Waals surface area contributed by atoms with Crippen LogP contribution in [0.3, 0.4) is 0 Å².